The average Bonchev–Trinajstić information content (AvgIpc) is 2.52. The Morgan fingerprint density at radius 2 is 2.00 bits per heavy atom. The lowest BCUT2D eigenvalue weighted by molar-refractivity contribution is 0.0967. The Morgan fingerprint density at radius 1 is 1.27 bits per heavy atom. The maximum atomic E-state index is 13.6. The minimum Gasteiger partial charge on any atom is -0.497 e. The number of hydrogen-bond donors (Lipinski definition) is 1. The Bertz CT molecular complexity index is 669. The van der Waals surface area contributed by atoms with Gasteiger partial charge in [0.25, 0.3) is 0 Å². The minimum absolute atomic E-state index is 0.148. The van der Waals surface area contributed by atoms with Crippen molar-refractivity contribution in [3.63, 3.8) is 0 Å². The van der Waals surface area contributed by atoms with E-state index in [0.29, 0.717) is 17.1 Å². The fourth-order valence-electron chi connectivity index (χ4n) is 2.04. The van der Waals surface area contributed by atoms with Crippen LogP contribution in [-0.4, -0.2) is 24.6 Å². The summed E-state index contributed by atoms with van der Waals surface area (Å²) in [6.45, 7) is 1.25. The summed E-state index contributed by atoms with van der Waals surface area (Å²) >= 11 is 0. The number of aliphatic hydroxyl groups excluding tert-OH is 1. The van der Waals surface area contributed by atoms with Crippen LogP contribution in [0.15, 0.2) is 42.5 Å². The lowest BCUT2D eigenvalue weighted by Crippen LogP contribution is -2.12. The molecule has 0 saturated heterocycles. The van der Waals surface area contributed by atoms with Gasteiger partial charge in [0, 0.05) is 11.6 Å². The van der Waals surface area contributed by atoms with Gasteiger partial charge < -0.3 is 14.6 Å². The van der Waals surface area contributed by atoms with Gasteiger partial charge in [-0.1, -0.05) is 18.2 Å². The normalized spacial score (nSPS) is 11.8. The van der Waals surface area contributed by atoms with Gasteiger partial charge in [-0.25, -0.2) is 4.39 Å². The van der Waals surface area contributed by atoms with Crippen molar-refractivity contribution in [2.75, 3.05) is 13.7 Å². The fraction of sp³-hybridized carbons (Fsp3) is 0.235. The molecular weight excluding hydrogens is 287 g/mol. The summed E-state index contributed by atoms with van der Waals surface area (Å²) < 4.78 is 24.2. The standard InChI is InChI=1S/C17H17FO4/c1-11(19)13-8-7-12(21-2)9-17(13)22-10-16(20)14-5-3-4-6-15(14)18/h3-9,16,20H,10H2,1-2H3. The third-order valence-electron chi connectivity index (χ3n) is 3.23. The molecule has 5 heteroatoms. The number of methoxy groups -OCH3 is 1. The molecule has 0 heterocycles. The molecule has 22 heavy (non-hydrogen) atoms. The van der Waals surface area contributed by atoms with Crippen LogP contribution in [-0.2, 0) is 0 Å². The van der Waals surface area contributed by atoms with Gasteiger partial charge in [-0.3, -0.25) is 4.79 Å². The number of ketones is 1. The molecule has 116 valence electrons. The van der Waals surface area contributed by atoms with Crippen molar-refractivity contribution >= 4 is 5.78 Å². The molecular formula is C17H17FO4. The summed E-state index contributed by atoms with van der Waals surface area (Å²) in [5.74, 6) is 0.150. The monoisotopic (exact) mass is 304 g/mol. The highest BCUT2D eigenvalue weighted by atomic mass is 19.1. The highest BCUT2D eigenvalue weighted by molar-refractivity contribution is 5.97. The van der Waals surface area contributed by atoms with Crippen LogP contribution in [0.25, 0.3) is 0 Å². The van der Waals surface area contributed by atoms with E-state index in [1.54, 1.807) is 30.3 Å². The minimum atomic E-state index is -1.13. The van der Waals surface area contributed by atoms with Gasteiger partial charge in [-0.05, 0) is 25.1 Å². The molecule has 0 aliphatic carbocycles. The number of benzene rings is 2. The SMILES string of the molecule is COc1ccc(C(C)=O)c(OCC(O)c2ccccc2F)c1. The molecule has 4 nitrogen and oxygen atoms in total. The lowest BCUT2D eigenvalue weighted by Gasteiger charge is -2.15. The van der Waals surface area contributed by atoms with E-state index in [1.165, 1.54) is 26.2 Å². The number of Topliss-reactive ketones (excluding diaryl/α,β-unsaturated/α-hetero) is 1. The second-order valence-electron chi connectivity index (χ2n) is 4.77. The summed E-state index contributed by atoms with van der Waals surface area (Å²) in [5.41, 5.74) is 0.524. The van der Waals surface area contributed by atoms with Gasteiger partial charge >= 0.3 is 0 Å². The van der Waals surface area contributed by atoms with E-state index in [-0.39, 0.29) is 18.0 Å². The summed E-state index contributed by atoms with van der Waals surface area (Å²) in [6.07, 6.45) is -1.13. The molecule has 2 aromatic carbocycles. The van der Waals surface area contributed by atoms with Crippen LogP contribution in [0.4, 0.5) is 4.39 Å². The van der Waals surface area contributed by atoms with Crippen molar-refractivity contribution in [3.05, 3.63) is 59.4 Å². The molecule has 0 aliphatic heterocycles. The number of aliphatic hydroxyl groups is 1. The topological polar surface area (TPSA) is 55.8 Å². The Morgan fingerprint density at radius 3 is 2.64 bits per heavy atom. The molecule has 0 aromatic heterocycles. The zero-order valence-electron chi connectivity index (χ0n) is 12.4. The Labute approximate surface area is 128 Å². The van der Waals surface area contributed by atoms with Crippen LogP contribution >= 0.6 is 0 Å². The lowest BCUT2D eigenvalue weighted by atomic mass is 10.1. The molecule has 0 radical (unpaired) electrons. The van der Waals surface area contributed by atoms with Crippen LogP contribution in [0.5, 0.6) is 11.5 Å². The van der Waals surface area contributed by atoms with E-state index >= 15 is 0 Å². The van der Waals surface area contributed by atoms with E-state index in [0.717, 1.165) is 0 Å². The molecule has 0 fully saturated rings. The first-order chi connectivity index (χ1) is 10.5. The van der Waals surface area contributed by atoms with Gasteiger partial charge in [0.05, 0.1) is 12.7 Å². The van der Waals surface area contributed by atoms with Crippen LogP contribution < -0.4 is 9.47 Å². The number of carbonyl (C=O) groups is 1. The van der Waals surface area contributed by atoms with Crippen molar-refractivity contribution in [2.24, 2.45) is 0 Å². The number of ether oxygens (including phenoxy) is 2. The van der Waals surface area contributed by atoms with E-state index in [9.17, 15) is 14.3 Å². The van der Waals surface area contributed by atoms with Gasteiger partial charge in [0.2, 0.25) is 0 Å². The van der Waals surface area contributed by atoms with E-state index < -0.39 is 11.9 Å². The molecule has 0 spiro atoms. The highest BCUT2D eigenvalue weighted by Crippen LogP contribution is 2.27. The van der Waals surface area contributed by atoms with E-state index in [4.69, 9.17) is 9.47 Å². The van der Waals surface area contributed by atoms with Crippen molar-refractivity contribution in [2.45, 2.75) is 13.0 Å². The Hall–Kier alpha value is -2.40. The van der Waals surface area contributed by atoms with Crippen molar-refractivity contribution in [1.82, 2.24) is 0 Å². The van der Waals surface area contributed by atoms with Crippen LogP contribution in [0, 0.1) is 5.82 Å². The zero-order chi connectivity index (χ0) is 16.1. The van der Waals surface area contributed by atoms with E-state index in [2.05, 4.69) is 0 Å². The average molecular weight is 304 g/mol. The number of rotatable bonds is 6. The second kappa shape index (κ2) is 7.04. The molecule has 2 aromatic rings. The first-order valence-corrected chi connectivity index (χ1v) is 6.77. The fourth-order valence-corrected chi connectivity index (χ4v) is 2.04. The molecule has 1 N–H and O–H groups in total. The second-order valence-corrected chi connectivity index (χ2v) is 4.77. The summed E-state index contributed by atoms with van der Waals surface area (Å²) in [4.78, 5) is 11.6. The molecule has 0 aliphatic rings. The Balaban J connectivity index is 2.17. The zero-order valence-corrected chi connectivity index (χ0v) is 12.4. The number of carbonyl (C=O) groups excluding carboxylic acids is 1. The molecule has 2 rings (SSSR count). The summed E-state index contributed by atoms with van der Waals surface area (Å²) in [6, 6.07) is 10.7. The molecule has 0 amide bonds. The highest BCUT2D eigenvalue weighted by Gasteiger charge is 2.15. The molecule has 0 saturated carbocycles. The first-order valence-electron chi connectivity index (χ1n) is 6.77. The quantitative estimate of drug-likeness (QED) is 0.833. The number of hydrogen-bond acceptors (Lipinski definition) is 4. The molecule has 1 unspecified atom stereocenters. The predicted octanol–water partition coefficient (Wildman–Crippen LogP) is 3.15. The van der Waals surface area contributed by atoms with Crippen molar-refractivity contribution in [1.29, 1.82) is 0 Å². The number of halogens is 1. The van der Waals surface area contributed by atoms with Crippen molar-refractivity contribution in [3.8, 4) is 11.5 Å². The molecule has 0 bridgehead atoms. The third kappa shape index (κ3) is 3.62. The van der Waals surface area contributed by atoms with Gasteiger partial charge in [0.15, 0.2) is 5.78 Å². The summed E-state index contributed by atoms with van der Waals surface area (Å²) in [7, 11) is 1.50. The first kappa shape index (κ1) is 16.0. The maximum absolute atomic E-state index is 13.6. The maximum Gasteiger partial charge on any atom is 0.163 e. The third-order valence-corrected chi connectivity index (χ3v) is 3.23. The van der Waals surface area contributed by atoms with Crippen molar-refractivity contribution < 1.29 is 23.8 Å². The predicted molar refractivity (Wildman–Crippen MR) is 79.9 cm³/mol. The van der Waals surface area contributed by atoms with Crippen LogP contribution in [0.1, 0.15) is 28.9 Å². The van der Waals surface area contributed by atoms with Gasteiger partial charge in [0.1, 0.15) is 30.0 Å². The summed E-state index contributed by atoms with van der Waals surface area (Å²) in [5, 5.41) is 10.0. The van der Waals surface area contributed by atoms with Gasteiger partial charge in [-0.15, -0.1) is 0 Å². The van der Waals surface area contributed by atoms with Crippen LogP contribution in [0.3, 0.4) is 0 Å². The van der Waals surface area contributed by atoms with Gasteiger partial charge in [-0.2, -0.15) is 0 Å². The van der Waals surface area contributed by atoms with Crippen LogP contribution in [0.2, 0.25) is 0 Å². The molecule has 1 atom stereocenters. The largest absolute Gasteiger partial charge is 0.497 e. The van der Waals surface area contributed by atoms with E-state index in [1.807, 2.05) is 0 Å². The Kier molecular flexibility index (Phi) is 5.12. The smallest absolute Gasteiger partial charge is 0.163 e.